The van der Waals surface area contributed by atoms with Gasteiger partial charge in [0.05, 0.1) is 5.56 Å². The lowest BCUT2D eigenvalue weighted by molar-refractivity contribution is -0.137. The Morgan fingerprint density at radius 2 is 2.00 bits per heavy atom. The number of halogens is 3. The van der Waals surface area contributed by atoms with Crippen molar-refractivity contribution in [2.24, 2.45) is 0 Å². The number of aromatic nitrogens is 1. The van der Waals surface area contributed by atoms with Gasteiger partial charge in [0.2, 0.25) is 0 Å². The zero-order valence-electron chi connectivity index (χ0n) is 12.3. The molecule has 1 aliphatic heterocycles. The van der Waals surface area contributed by atoms with Crippen molar-refractivity contribution in [3.8, 4) is 0 Å². The van der Waals surface area contributed by atoms with Crippen molar-refractivity contribution in [2.75, 3.05) is 37.8 Å². The first-order valence-corrected chi connectivity index (χ1v) is 7.11. The molecule has 0 bridgehead atoms. The molecular weight excluding hydrogens is 281 g/mol. The summed E-state index contributed by atoms with van der Waals surface area (Å²) < 4.78 is 38.5. The minimum Gasteiger partial charge on any atom is -0.373 e. The van der Waals surface area contributed by atoms with E-state index in [2.05, 4.69) is 20.5 Å². The predicted octanol–water partition coefficient (Wildman–Crippen LogP) is 3.04. The monoisotopic (exact) mass is 302 g/mol. The van der Waals surface area contributed by atoms with Crippen LogP contribution in [0.1, 0.15) is 24.8 Å². The van der Waals surface area contributed by atoms with Gasteiger partial charge in [-0.2, -0.15) is 13.2 Å². The molecule has 7 heteroatoms. The smallest absolute Gasteiger partial charge is 0.373 e. The Kier molecular flexibility index (Phi) is 4.92. The lowest BCUT2D eigenvalue weighted by atomic mass is 10.0. The largest absolute Gasteiger partial charge is 0.416 e. The minimum atomic E-state index is -4.37. The molecule has 0 amide bonds. The molecule has 2 N–H and O–H groups in total. The van der Waals surface area contributed by atoms with E-state index < -0.39 is 11.7 Å². The summed E-state index contributed by atoms with van der Waals surface area (Å²) in [6.07, 6.45) is -0.971. The van der Waals surface area contributed by atoms with Gasteiger partial charge in [-0.1, -0.05) is 6.42 Å². The Morgan fingerprint density at radius 1 is 1.29 bits per heavy atom. The molecule has 0 aromatic carbocycles. The predicted molar refractivity (Wildman–Crippen MR) is 77.5 cm³/mol. The number of likely N-dealkylation sites (tertiary alicyclic amines) is 1. The van der Waals surface area contributed by atoms with Gasteiger partial charge in [0.25, 0.3) is 0 Å². The maximum atomic E-state index is 12.8. The van der Waals surface area contributed by atoms with Gasteiger partial charge in [0.1, 0.15) is 11.6 Å². The summed E-state index contributed by atoms with van der Waals surface area (Å²) in [4.78, 5) is 6.37. The van der Waals surface area contributed by atoms with Crippen molar-refractivity contribution >= 4 is 11.6 Å². The number of nitrogens with zero attached hydrogens (tertiary/aromatic N) is 2. The van der Waals surface area contributed by atoms with E-state index in [0.29, 0.717) is 12.6 Å². The Labute approximate surface area is 122 Å². The van der Waals surface area contributed by atoms with Crippen molar-refractivity contribution in [1.82, 2.24) is 9.88 Å². The van der Waals surface area contributed by atoms with Gasteiger partial charge in [-0.15, -0.1) is 0 Å². The summed E-state index contributed by atoms with van der Waals surface area (Å²) in [5, 5.41) is 5.70. The number of alkyl halides is 3. The molecule has 0 radical (unpaired) electrons. The number of anilines is 2. The molecule has 1 aromatic rings. The number of hydrogen-bond acceptors (Lipinski definition) is 4. The van der Waals surface area contributed by atoms with E-state index >= 15 is 0 Å². The van der Waals surface area contributed by atoms with Crippen molar-refractivity contribution in [1.29, 1.82) is 0 Å². The van der Waals surface area contributed by atoms with E-state index in [0.717, 1.165) is 31.5 Å². The number of nitrogens with one attached hydrogen (secondary N) is 2. The summed E-state index contributed by atoms with van der Waals surface area (Å²) in [5.41, 5.74) is -0.693. The standard InChI is InChI=1S/C14H21F3N4/c1-18-12-7-10(14(15,16)17)8-13(20-12)19-9-11-5-3-4-6-21(11)2/h7-8,11H,3-6,9H2,1-2H3,(H2,18,19,20). The van der Waals surface area contributed by atoms with Gasteiger partial charge in [0.15, 0.2) is 0 Å². The van der Waals surface area contributed by atoms with Crippen molar-refractivity contribution in [3.05, 3.63) is 17.7 Å². The fourth-order valence-corrected chi connectivity index (χ4v) is 2.54. The zero-order chi connectivity index (χ0) is 15.5. The van der Waals surface area contributed by atoms with Crippen LogP contribution in [0.25, 0.3) is 0 Å². The summed E-state index contributed by atoms with van der Waals surface area (Å²) >= 11 is 0. The second kappa shape index (κ2) is 6.51. The van der Waals surface area contributed by atoms with Gasteiger partial charge >= 0.3 is 6.18 Å². The number of piperidine rings is 1. The first kappa shape index (κ1) is 15.9. The minimum absolute atomic E-state index is 0.212. The average molecular weight is 302 g/mol. The van der Waals surface area contributed by atoms with Gasteiger partial charge in [-0.25, -0.2) is 4.98 Å². The molecule has 1 atom stereocenters. The second-order valence-electron chi connectivity index (χ2n) is 5.39. The Balaban J connectivity index is 2.08. The third-order valence-electron chi connectivity index (χ3n) is 3.85. The zero-order valence-corrected chi connectivity index (χ0v) is 12.3. The molecule has 0 aliphatic carbocycles. The highest BCUT2D eigenvalue weighted by Gasteiger charge is 2.31. The van der Waals surface area contributed by atoms with Crippen LogP contribution in [0.3, 0.4) is 0 Å². The van der Waals surface area contributed by atoms with Crippen molar-refractivity contribution < 1.29 is 13.2 Å². The normalized spacial score (nSPS) is 20.3. The highest BCUT2D eigenvalue weighted by molar-refractivity contribution is 5.49. The van der Waals surface area contributed by atoms with E-state index in [1.54, 1.807) is 7.05 Å². The fraction of sp³-hybridized carbons (Fsp3) is 0.643. The Morgan fingerprint density at radius 3 is 2.62 bits per heavy atom. The molecule has 1 unspecified atom stereocenters. The highest BCUT2D eigenvalue weighted by atomic mass is 19.4. The van der Waals surface area contributed by atoms with Crippen molar-refractivity contribution in [2.45, 2.75) is 31.5 Å². The molecule has 118 valence electrons. The number of hydrogen-bond donors (Lipinski definition) is 2. The molecule has 21 heavy (non-hydrogen) atoms. The number of likely N-dealkylation sites (N-methyl/N-ethyl adjacent to an activating group) is 1. The van der Waals surface area contributed by atoms with Crippen molar-refractivity contribution in [3.63, 3.8) is 0 Å². The summed E-state index contributed by atoms with van der Waals surface area (Å²) in [6, 6.07) is 2.41. The first-order chi connectivity index (χ1) is 9.90. The quantitative estimate of drug-likeness (QED) is 0.897. The molecule has 1 aliphatic rings. The van der Waals surface area contributed by atoms with Crippen LogP contribution in [0, 0.1) is 0 Å². The molecule has 2 heterocycles. The third-order valence-corrected chi connectivity index (χ3v) is 3.85. The van der Waals surface area contributed by atoms with Crippen LogP contribution in [0.4, 0.5) is 24.8 Å². The van der Waals surface area contributed by atoms with Crippen LogP contribution in [-0.4, -0.2) is 43.1 Å². The lowest BCUT2D eigenvalue weighted by Crippen LogP contribution is -2.40. The maximum absolute atomic E-state index is 12.8. The molecule has 1 fully saturated rings. The van der Waals surface area contributed by atoms with Crippen LogP contribution in [0.5, 0.6) is 0 Å². The number of rotatable bonds is 4. The summed E-state index contributed by atoms with van der Waals surface area (Å²) in [7, 11) is 3.60. The summed E-state index contributed by atoms with van der Waals surface area (Å²) in [6.45, 7) is 1.64. The van der Waals surface area contributed by atoms with Crippen LogP contribution in [-0.2, 0) is 6.18 Å². The van der Waals surface area contributed by atoms with Gasteiger partial charge in [-0.05, 0) is 38.6 Å². The lowest BCUT2D eigenvalue weighted by Gasteiger charge is -2.32. The van der Waals surface area contributed by atoms with Crippen LogP contribution < -0.4 is 10.6 Å². The Hall–Kier alpha value is -1.50. The van der Waals surface area contributed by atoms with E-state index in [9.17, 15) is 13.2 Å². The molecule has 4 nitrogen and oxygen atoms in total. The average Bonchev–Trinajstić information content (AvgIpc) is 2.45. The molecule has 2 rings (SSSR count). The van der Waals surface area contributed by atoms with E-state index in [4.69, 9.17) is 0 Å². The Bertz CT molecular complexity index is 476. The SMILES string of the molecule is CNc1cc(C(F)(F)F)cc(NCC2CCCCN2C)n1. The maximum Gasteiger partial charge on any atom is 0.416 e. The highest BCUT2D eigenvalue weighted by Crippen LogP contribution is 2.32. The van der Waals surface area contributed by atoms with Gasteiger partial charge in [-0.3, -0.25) is 0 Å². The van der Waals surface area contributed by atoms with Crippen LogP contribution in [0.15, 0.2) is 12.1 Å². The van der Waals surface area contributed by atoms with Gasteiger partial charge in [0, 0.05) is 19.6 Å². The molecule has 1 aromatic heterocycles. The third kappa shape index (κ3) is 4.23. The first-order valence-electron chi connectivity index (χ1n) is 7.11. The van der Waals surface area contributed by atoms with Crippen LogP contribution >= 0.6 is 0 Å². The van der Waals surface area contributed by atoms with E-state index in [1.165, 1.54) is 6.42 Å². The van der Waals surface area contributed by atoms with E-state index in [1.807, 2.05) is 7.05 Å². The van der Waals surface area contributed by atoms with Crippen LogP contribution in [0.2, 0.25) is 0 Å². The fourth-order valence-electron chi connectivity index (χ4n) is 2.54. The second-order valence-corrected chi connectivity index (χ2v) is 5.39. The topological polar surface area (TPSA) is 40.2 Å². The summed E-state index contributed by atoms with van der Waals surface area (Å²) in [5.74, 6) is 0.470. The molecule has 1 saturated heterocycles. The molecule has 0 saturated carbocycles. The van der Waals surface area contributed by atoms with Gasteiger partial charge < -0.3 is 15.5 Å². The van der Waals surface area contributed by atoms with E-state index in [-0.39, 0.29) is 11.6 Å². The molecular formula is C14H21F3N4. The number of pyridine rings is 1. The molecule has 0 spiro atoms.